The molecule has 2 aliphatic rings. The van der Waals surface area contributed by atoms with Crippen molar-refractivity contribution in [2.24, 2.45) is 0 Å². The van der Waals surface area contributed by atoms with Crippen molar-refractivity contribution in [3.05, 3.63) is 198 Å². The van der Waals surface area contributed by atoms with Crippen molar-refractivity contribution in [2.45, 2.75) is 71.6 Å². The molecule has 0 spiro atoms. The minimum atomic E-state index is -0.168. The molecule has 9 aromatic carbocycles. The van der Waals surface area contributed by atoms with Gasteiger partial charge in [0.15, 0.2) is 7.28 Å². The molecule has 0 unspecified atom stereocenters. The summed E-state index contributed by atoms with van der Waals surface area (Å²) in [4.78, 5) is 1.31. The van der Waals surface area contributed by atoms with Crippen LogP contribution in [0.15, 0.2) is 176 Å². The number of hydrogen-bond donors (Lipinski definition) is 1. The molecule has 2 nitrogen and oxygen atoms in total. The van der Waals surface area contributed by atoms with Crippen LogP contribution in [0.25, 0.3) is 102 Å². The molecule has 0 saturated heterocycles. The average Bonchev–Trinajstić information content (AvgIpc) is 4.11. The van der Waals surface area contributed by atoms with Crippen molar-refractivity contribution in [1.82, 2.24) is 4.57 Å². The summed E-state index contributed by atoms with van der Waals surface area (Å²) in [6.45, 7) is 18.7. The summed E-state index contributed by atoms with van der Waals surface area (Å²) in [5, 5.41) is 10.8. The Kier molecular flexibility index (Phi) is 9.34. The number of aromatic nitrogens is 1. The normalized spacial score (nSPS) is 13.8. The number of hydrogen-bond acceptors (Lipinski definition) is 3. The van der Waals surface area contributed by atoms with Gasteiger partial charge >= 0.3 is 0 Å². The molecule has 12 aromatic rings. The van der Waals surface area contributed by atoms with Crippen LogP contribution in [0.1, 0.15) is 77.6 Å². The van der Waals surface area contributed by atoms with Crippen LogP contribution in [0.2, 0.25) is 0 Å². The van der Waals surface area contributed by atoms with Gasteiger partial charge in [0.1, 0.15) is 0 Å². The molecule has 5 heteroatoms. The molecule has 0 radical (unpaired) electrons. The Morgan fingerprint density at radius 2 is 1.19 bits per heavy atom. The van der Waals surface area contributed by atoms with Gasteiger partial charge in [-0.05, 0) is 121 Å². The van der Waals surface area contributed by atoms with Crippen LogP contribution in [0.4, 0.5) is 11.4 Å². The topological polar surface area (TPSA) is 17.0 Å². The Labute approximate surface area is 430 Å². The lowest BCUT2D eigenvalue weighted by Gasteiger charge is -2.27. The summed E-state index contributed by atoms with van der Waals surface area (Å²) < 4.78 is 6.67. The van der Waals surface area contributed by atoms with Crippen molar-refractivity contribution in [1.29, 1.82) is 0 Å². The first-order valence-electron chi connectivity index (χ1n) is 25.5. The lowest BCUT2D eigenvalue weighted by atomic mass is 9.58. The molecule has 0 bridgehead atoms. The SMILES string of the molecule is CC(C)(C)c1ccc(Nc2cc3c(cc2-c2c4c5c(c6cc(C(C)(C)C)ccc6n5-c5cc6c(-c7ccccc7)c(-c7ccccc7)sc6cc5B4)c4sc5ccccc5c24)-c2ccccc2C3(C)C)cc1. The third kappa shape index (κ3) is 6.39. The Morgan fingerprint density at radius 3 is 1.94 bits per heavy atom. The molecule has 0 atom stereocenters. The molecule has 0 amide bonds. The molecular formula is C67H55BN2S2. The third-order valence-corrected chi connectivity index (χ3v) is 18.5. The lowest BCUT2D eigenvalue weighted by molar-refractivity contribution is 0.590. The number of benzene rings is 9. The van der Waals surface area contributed by atoms with E-state index in [0.29, 0.717) is 0 Å². The van der Waals surface area contributed by atoms with Crippen LogP contribution in [0, 0.1) is 0 Å². The van der Waals surface area contributed by atoms with Gasteiger partial charge in [0.2, 0.25) is 0 Å². The smallest absolute Gasteiger partial charge is 0.198 e. The second kappa shape index (κ2) is 15.4. The quantitative estimate of drug-likeness (QED) is 0.170. The summed E-state index contributed by atoms with van der Waals surface area (Å²) in [6.07, 6.45) is 0. The standard InChI is InChI=1S/C67H55BN2S2/c1-65(2,3)40-27-30-42(31-28-40)69-52-36-50-45(43-23-15-17-25-49(43)67(50,7)8)34-46(52)58-59-44-24-16-18-26-55(44)71-64(59)60-47-33-41(66(4,5)6)29-32-53(47)70-54-35-48-56(37-51(54)68-61(58)62(60)70)72-63(39-21-13-10-14-22-39)57(48)38-19-11-9-12-20-38/h9-37,68-69H,1-8H3. The summed E-state index contributed by atoms with van der Waals surface area (Å²) >= 11 is 3.90. The first-order valence-corrected chi connectivity index (χ1v) is 27.2. The fraction of sp³-hybridized carbons (Fsp3) is 0.164. The Hall–Kier alpha value is -7.18. The van der Waals surface area contributed by atoms with Crippen molar-refractivity contribution in [2.75, 3.05) is 5.32 Å². The number of thiophene rings is 2. The van der Waals surface area contributed by atoms with Gasteiger partial charge in [-0.15, -0.1) is 22.7 Å². The largest absolute Gasteiger partial charge is 0.355 e. The maximum Gasteiger partial charge on any atom is 0.198 e. The summed E-state index contributed by atoms with van der Waals surface area (Å²) in [5.74, 6) is 0. The van der Waals surface area contributed by atoms with Crippen molar-refractivity contribution >= 4 is 104 Å². The molecular weight excluding hydrogens is 908 g/mol. The maximum atomic E-state index is 4.11. The second-order valence-corrected chi connectivity index (χ2v) is 25.1. The molecule has 4 heterocycles. The number of fused-ring (bicyclic) bond motifs is 13. The van der Waals surface area contributed by atoms with Crippen LogP contribution in [-0.4, -0.2) is 11.8 Å². The van der Waals surface area contributed by atoms with E-state index in [1.165, 1.54) is 135 Å². The fourth-order valence-electron chi connectivity index (χ4n) is 12.4. The first kappa shape index (κ1) is 43.6. The highest BCUT2D eigenvalue weighted by molar-refractivity contribution is 7.27. The van der Waals surface area contributed by atoms with E-state index in [4.69, 9.17) is 0 Å². The minimum Gasteiger partial charge on any atom is -0.355 e. The molecule has 72 heavy (non-hydrogen) atoms. The van der Waals surface area contributed by atoms with E-state index in [9.17, 15) is 0 Å². The highest BCUT2D eigenvalue weighted by atomic mass is 32.1. The van der Waals surface area contributed by atoms with Gasteiger partial charge in [-0.2, -0.15) is 0 Å². The molecule has 1 aliphatic heterocycles. The molecule has 3 aromatic heterocycles. The van der Waals surface area contributed by atoms with E-state index >= 15 is 0 Å². The number of anilines is 2. The van der Waals surface area contributed by atoms with Gasteiger partial charge in [0.25, 0.3) is 0 Å². The highest BCUT2D eigenvalue weighted by Crippen LogP contribution is 2.55. The van der Waals surface area contributed by atoms with E-state index in [2.05, 4.69) is 241 Å². The average molecular weight is 963 g/mol. The molecule has 348 valence electrons. The molecule has 1 N–H and O–H groups in total. The van der Waals surface area contributed by atoms with Crippen molar-refractivity contribution in [3.63, 3.8) is 0 Å². The van der Waals surface area contributed by atoms with Gasteiger partial charge in [0, 0.05) is 79.5 Å². The maximum absolute atomic E-state index is 4.11. The van der Waals surface area contributed by atoms with Crippen LogP contribution in [-0.2, 0) is 16.2 Å². The fourth-order valence-corrected chi connectivity index (χ4v) is 14.9. The Morgan fingerprint density at radius 1 is 0.514 bits per heavy atom. The predicted molar refractivity (Wildman–Crippen MR) is 316 cm³/mol. The van der Waals surface area contributed by atoms with Crippen molar-refractivity contribution in [3.8, 4) is 49.5 Å². The van der Waals surface area contributed by atoms with Crippen LogP contribution in [0.3, 0.4) is 0 Å². The highest BCUT2D eigenvalue weighted by Gasteiger charge is 2.38. The van der Waals surface area contributed by atoms with Gasteiger partial charge < -0.3 is 9.88 Å². The Bertz CT molecular complexity index is 4230. The minimum absolute atomic E-state index is 0.0237. The molecule has 14 rings (SSSR count). The van der Waals surface area contributed by atoms with E-state index in [1.54, 1.807) is 0 Å². The zero-order valence-corrected chi connectivity index (χ0v) is 43.8. The summed E-state index contributed by atoms with van der Waals surface area (Å²) in [5.41, 5.74) is 23.2. The second-order valence-electron chi connectivity index (χ2n) is 23.0. The predicted octanol–water partition coefficient (Wildman–Crippen LogP) is 17.7. The van der Waals surface area contributed by atoms with Crippen LogP contribution in [0.5, 0.6) is 0 Å². The zero-order valence-electron chi connectivity index (χ0n) is 42.2. The Balaban J connectivity index is 1.14. The van der Waals surface area contributed by atoms with Crippen molar-refractivity contribution < 1.29 is 0 Å². The summed E-state index contributed by atoms with van der Waals surface area (Å²) in [7, 11) is 0.803. The van der Waals surface area contributed by atoms with E-state index in [1.807, 2.05) is 22.7 Å². The van der Waals surface area contributed by atoms with Gasteiger partial charge in [0.05, 0.1) is 11.0 Å². The molecule has 0 fully saturated rings. The third-order valence-electron chi connectivity index (χ3n) is 16.1. The first-order chi connectivity index (χ1) is 34.7. The van der Waals surface area contributed by atoms with Crippen LogP contribution >= 0.6 is 22.7 Å². The van der Waals surface area contributed by atoms with Gasteiger partial charge in [-0.3, -0.25) is 0 Å². The number of nitrogens with one attached hydrogen (secondary N) is 1. The van der Waals surface area contributed by atoms with E-state index in [0.717, 1.165) is 18.7 Å². The number of rotatable bonds is 5. The van der Waals surface area contributed by atoms with E-state index in [-0.39, 0.29) is 16.2 Å². The zero-order chi connectivity index (χ0) is 49.0. The van der Waals surface area contributed by atoms with Crippen LogP contribution < -0.4 is 16.2 Å². The monoisotopic (exact) mass is 962 g/mol. The van der Waals surface area contributed by atoms with Gasteiger partial charge in [-0.25, -0.2) is 0 Å². The van der Waals surface area contributed by atoms with Gasteiger partial charge in [-0.1, -0.05) is 182 Å². The lowest BCUT2D eigenvalue weighted by Crippen LogP contribution is -2.37. The molecule has 1 aliphatic carbocycles. The number of nitrogens with zero attached hydrogens (tertiary/aromatic N) is 1. The van der Waals surface area contributed by atoms with E-state index < -0.39 is 0 Å². The molecule has 0 saturated carbocycles. The summed E-state index contributed by atoms with van der Waals surface area (Å²) in [6, 6.07) is 67.0.